The van der Waals surface area contributed by atoms with Crippen LogP contribution in [-0.4, -0.2) is 41.8 Å². The Morgan fingerprint density at radius 1 is 1.35 bits per heavy atom. The summed E-state index contributed by atoms with van der Waals surface area (Å²) in [6.45, 7) is 11.6. The summed E-state index contributed by atoms with van der Waals surface area (Å²) in [6.07, 6.45) is 1.82. The largest absolute Gasteiger partial charge is 0.444 e. The maximum Gasteiger partial charge on any atom is 0.410 e. The van der Waals surface area contributed by atoms with Gasteiger partial charge in [0.1, 0.15) is 5.60 Å². The molecule has 1 N–H and O–H groups in total. The molecule has 0 radical (unpaired) electrons. The second-order valence-corrected chi connectivity index (χ2v) is 5.71. The molecule has 0 aromatic heterocycles. The van der Waals surface area contributed by atoms with Gasteiger partial charge >= 0.3 is 6.09 Å². The van der Waals surface area contributed by atoms with Gasteiger partial charge in [0.15, 0.2) is 0 Å². The smallest absolute Gasteiger partial charge is 0.410 e. The average molecular weight is 242 g/mol. The first-order valence-corrected chi connectivity index (χ1v) is 6.60. The summed E-state index contributed by atoms with van der Waals surface area (Å²) in [5, 5.41) is 3.47. The van der Waals surface area contributed by atoms with Gasteiger partial charge in [-0.2, -0.15) is 0 Å². The molecule has 1 fully saturated rings. The molecule has 1 heterocycles. The highest BCUT2D eigenvalue weighted by molar-refractivity contribution is 5.68. The van der Waals surface area contributed by atoms with Crippen molar-refractivity contribution in [2.24, 2.45) is 0 Å². The van der Waals surface area contributed by atoms with Gasteiger partial charge in [-0.15, -0.1) is 0 Å². The van der Waals surface area contributed by atoms with Crippen LogP contribution in [0.1, 0.15) is 47.5 Å². The summed E-state index contributed by atoms with van der Waals surface area (Å²) in [5.41, 5.74) is -0.415. The lowest BCUT2D eigenvalue weighted by Gasteiger charge is -2.40. The molecule has 1 aliphatic rings. The number of carbonyl (C=O) groups is 1. The zero-order valence-electron chi connectivity index (χ0n) is 11.7. The minimum Gasteiger partial charge on any atom is -0.444 e. The molecule has 17 heavy (non-hydrogen) atoms. The van der Waals surface area contributed by atoms with Crippen molar-refractivity contribution in [1.29, 1.82) is 0 Å². The normalized spacial score (nSPS) is 25.8. The van der Waals surface area contributed by atoms with Crippen molar-refractivity contribution in [3.63, 3.8) is 0 Å². The highest BCUT2D eigenvalue weighted by Crippen LogP contribution is 2.17. The Morgan fingerprint density at radius 3 is 2.47 bits per heavy atom. The van der Waals surface area contributed by atoms with Gasteiger partial charge in [-0.25, -0.2) is 4.79 Å². The molecule has 0 saturated carbocycles. The number of hydrogen-bond donors (Lipinski definition) is 1. The number of hydrogen-bond acceptors (Lipinski definition) is 3. The van der Waals surface area contributed by atoms with Crippen molar-refractivity contribution in [3.05, 3.63) is 0 Å². The molecule has 0 aromatic rings. The third-order valence-electron chi connectivity index (χ3n) is 3.09. The van der Waals surface area contributed by atoms with E-state index in [0.29, 0.717) is 6.04 Å². The van der Waals surface area contributed by atoms with Crippen LogP contribution in [0, 0.1) is 0 Å². The standard InChI is InChI=1S/C13H26N2O2/c1-6-10-9-15(11(7-2)8-14-10)12(16)17-13(3,4)5/h10-11,14H,6-9H2,1-5H3/t10-,11+/m0/s1. The van der Waals surface area contributed by atoms with E-state index in [0.717, 1.165) is 25.9 Å². The third kappa shape index (κ3) is 4.19. The number of nitrogens with zero attached hydrogens (tertiary/aromatic N) is 1. The van der Waals surface area contributed by atoms with Crippen molar-refractivity contribution >= 4 is 6.09 Å². The number of ether oxygens (including phenoxy) is 1. The van der Waals surface area contributed by atoms with Gasteiger partial charge in [0.25, 0.3) is 0 Å². The fourth-order valence-corrected chi connectivity index (χ4v) is 2.05. The SMILES string of the molecule is CC[C@H]1CN(C(=O)OC(C)(C)C)[C@H](CC)CN1. The van der Waals surface area contributed by atoms with E-state index in [1.54, 1.807) is 0 Å². The second kappa shape index (κ2) is 5.71. The van der Waals surface area contributed by atoms with Crippen LogP contribution in [0.25, 0.3) is 0 Å². The molecule has 0 aliphatic carbocycles. The fourth-order valence-electron chi connectivity index (χ4n) is 2.05. The topological polar surface area (TPSA) is 41.6 Å². The molecule has 2 atom stereocenters. The number of amides is 1. The van der Waals surface area contributed by atoms with Crippen LogP contribution in [0.4, 0.5) is 4.79 Å². The first-order chi connectivity index (χ1) is 7.87. The minimum atomic E-state index is -0.415. The first-order valence-electron chi connectivity index (χ1n) is 6.60. The third-order valence-corrected chi connectivity index (χ3v) is 3.09. The van der Waals surface area contributed by atoms with Gasteiger partial charge < -0.3 is 15.0 Å². The molecule has 1 rings (SSSR count). The zero-order valence-corrected chi connectivity index (χ0v) is 11.7. The highest BCUT2D eigenvalue weighted by atomic mass is 16.6. The van der Waals surface area contributed by atoms with E-state index in [4.69, 9.17) is 4.74 Å². The fraction of sp³-hybridized carbons (Fsp3) is 0.923. The quantitative estimate of drug-likeness (QED) is 0.808. The monoisotopic (exact) mass is 242 g/mol. The molecule has 1 saturated heterocycles. The van der Waals surface area contributed by atoms with E-state index in [2.05, 4.69) is 19.2 Å². The highest BCUT2D eigenvalue weighted by Gasteiger charge is 2.32. The first kappa shape index (κ1) is 14.3. The Hall–Kier alpha value is -0.770. The zero-order chi connectivity index (χ0) is 13.1. The Labute approximate surface area is 105 Å². The van der Waals surface area contributed by atoms with E-state index in [9.17, 15) is 4.79 Å². The van der Waals surface area contributed by atoms with E-state index >= 15 is 0 Å². The van der Waals surface area contributed by atoms with Crippen LogP contribution in [0.15, 0.2) is 0 Å². The molecule has 4 heteroatoms. The Bertz CT molecular complexity index is 261. The number of carbonyl (C=O) groups excluding carboxylic acids is 1. The van der Waals surface area contributed by atoms with Crippen LogP contribution < -0.4 is 5.32 Å². The molecule has 0 bridgehead atoms. The van der Waals surface area contributed by atoms with Gasteiger partial charge in [0.2, 0.25) is 0 Å². The van der Waals surface area contributed by atoms with Crippen LogP contribution >= 0.6 is 0 Å². The number of rotatable bonds is 2. The summed E-state index contributed by atoms with van der Waals surface area (Å²) < 4.78 is 5.46. The van der Waals surface area contributed by atoms with Crippen molar-refractivity contribution in [2.75, 3.05) is 13.1 Å². The number of piperazine rings is 1. The van der Waals surface area contributed by atoms with Gasteiger partial charge in [-0.3, -0.25) is 0 Å². The molecule has 0 spiro atoms. The van der Waals surface area contributed by atoms with Gasteiger partial charge in [-0.05, 0) is 33.6 Å². The maximum absolute atomic E-state index is 12.1. The Kier molecular flexibility index (Phi) is 4.80. The molecule has 1 aliphatic heterocycles. The van der Waals surface area contributed by atoms with Crippen molar-refractivity contribution < 1.29 is 9.53 Å². The average Bonchev–Trinajstić information content (AvgIpc) is 2.25. The lowest BCUT2D eigenvalue weighted by molar-refractivity contribution is 0.00684. The summed E-state index contributed by atoms with van der Waals surface area (Å²) in [4.78, 5) is 14.0. The molecule has 0 unspecified atom stereocenters. The lowest BCUT2D eigenvalue weighted by Crippen LogP contribution is -2.58. The van der Waals surface area contributed by atoms with Crippen LogP contribution in [0.3, 0.4) is 0 Å². The van der Waals surface area contributed by atoms with Crippen LogP contribution in [0.5, 0.6) is 0 Å². The van der Waals surface area contributed by atoms with Gasteiger partial charge in [-0.1, -0.05) is 13.8 Å². The molecule has 1 amide bonds. The summed E-state index contributed by atoms with van der Waals surface area (Å²) >= 11 is 0. The summed E-state index contributed by atoms with van der Waals surface area (Å²) in [6, 6.07) is 0.651. The van der Waals surface area contributed by atoms with Gasteiger partial charge in [0.05, 0.1) is 0 Å². The van der Waals surface area contributed by atoms with E-state index in [1.807, 2.05) is 25.7 Å². The molecule has 0 aromatic carbocycles. The molecular formula is C13H26N2O2. The van der Waals surface area contributed by atoms with Crippen LogP contribution in [0.2, 0.25) is 0 Å². The van der Waals surface area contributed by atoms with Crippen molar-refractivity contribution in [3.8, 4) is 0 Å². The van der Waals surface area contributed by atoms with Crippen molar-refractivity contribution in [1.82, 2.24) is 10.2 Å². The number of nitrogens with one attached hydrogen (secondary N) is 1. The molecular weight excluding hydrogens is 216 g/mol. The predicted octanol–water partition coefficient (Wildman–Crippen LogP) is 2.38. The Balaban J connectivity index is 2.66. The second-order valence-electron chi connectivity index (χ2n) is 5.71. The predicted molar refractivity (Wildman–Crippen MR) is 69.1 cm³/mol. The summed E-state index contributed by atoms with van der Waals surface area (Å²) in [7, 11) is 0. The van der Waals surface area contributed by atoms with E-state index in [1.165, 1.54) is 0 Å². The maximum atomic E-state index is 12.1. The van der Waals surface area contributed by atoms with E-state index in [-0.39, 0.29) is 12.1 Å². The Morgan fingerprint density at radius 2 is 2.00 bits per heavy atom. The van der Waals surface area contributed by atoms with Crippen LogP contribution in [-0.2, 0) is 4.74 Å². The summed E-state index contributed by atoms with van der Waals surface area (Å²) in [5.74, 6) is 0. The van der Waals surface area contributed by atoms with E-state index < -0.39 is 5.60 Å². The molecule has 4 nitrogen and oxygen atoms in total. The lowest BCUT2D eigenvalue weighted by atomic mass is 10.1. The molecule has 100 valence electrons. The minimum absolute atomic E-state index is 0.177. The van der Waals surface area contributed by atoms with Gasteiger partial charge in [0, 0.05) is 25.2 Å². The van der Waals surface area contributed by atoms with Crippen molar-refractivity contribution in [2.45, 2.75) is 65.1 Å².